The first-order chi connectivity index (χ1) is 5.24. The maximum atomic E-state index is 8.67. The summed E-state index contributed by atoms with van der Waals surface area (Å²) in [6.07, 6.45) is 0.687. The third-order valence-electron chi connectivity index (χ3n) is 1.54. The summed E-state index contributed by atoms with van der Waals surface area (Å²) in [6.45, 7) is 2.12. The monoisotopic (exact) mass is 215 g/mol. The predicted octanol–water partition coefficient (Wildman–Crippen LogP) is 1.69. The smallest absolute Gasteiger partial charge is 0.106 e. The quantitative estimate of drug-likeness (QED) is 0.763. The van der Waals surface area contributed by atoms with Crippen LogP contribution in [-0.2, 0) is 6.42 Å². The number of pyridine rings is 1. The van der Waals surface area contributed by atoms with E-state index < -0.39 is 0 Å². The summed E-state index contributed by atoms with van der Waals surface area (Å²) >= 11 is 3.27. The number of rotatable bonds is 2. The molecule has 11 heavy (non-hydrogen) atoms. The van der Waals surface area contributed by atoms with E-state index in [1.807, 2.05) is 19.1 Å². The van der Waals surface area contributed by atoms with E-state index in [0.29, 0.717) is 6.42 Å². The Bertz CT molecular complexity index is 250. The van der Waals surface area contributed by atoms with Crippen molar-refractivity contribution in [2.75, 3.05) is 6.61 Å². The van der Waals surface area contributed by atoms with Crippen LogP contribution in [0.1, 0.15) is 11.3 Å². The van der Waals surface area contributed by atoms with E-state index in [2.05, 4.69) is 20.9 Å². The summed E-state index contributed by atoms with van der Waals surface area (Å²) in [4.78, 5) is 4.20. The normalized spacial score (nSPS) is 10.1. The van der Waals surface area contributed by atoms with Crippen molar-refractivity contribution < 1.29 is 5.11 Å². The van der Waals surface area contributed by atoms with Crippen LogP contribution >= 0.6 is 15.9 Å². The molecule has 1 rings (SSSR count). The minimum Gasteiger partial charge on any atom is -0.396 e. The Hall–Kier alpha value is -0.410. The Morgan fingerprint density at radius 2 is 2.27 bits per heavy atom. The minimum atomic E-state index is 0.185. The topological polar surface area (TPSA) is 33.1 Å². The molecule has 0 atom stereocenters. The number of aryl methyl sites for hydroxylation is 1. The van der Waals surface area contributed by atoms with Gasteiger partial charge in [-0.25, -0.2) is 4.98 Å². The Morgan fingerprint density at radius 3 is 2.82 bits per heavy atom. The molecule has 1 N–H and O–H groups in total. The van der Waals surface area contributed by atoms with Crippen molar-refractivity contribution in [3.63, 3.8) is 0 Å². The van der Waals surface area contributed by atoms with Crippen LogP contribution in [0.3, 0.4) is 0 Å². The highest BCUT2D eigenvalue weighted by molar-refractivity contribution is 9.10. The second kappa shape index (κ2) is 3.83. The summed E-state index contributed by atoms with van der Waals surface area (Å²) in [5, 5.41) is 8.67. The fourth-order valence-electron chi connectivity index (χ4n) is 0.944. The molecule has 0 aromatic carbocycles. The zero-order valence-electron chi connectivity index (χ0n) is 6.34. The molecule has 1 heterocycles. The summed E-state index contributed by atoms with van der Waals surface area (Å²) in [5.74, 6) is 0. The van der Waals surface area contributed by atoms with E-state index in [1.165, 1.54) is 0 Å². The number of aliphatic hydroxyl groups excluding tert-OH is 1. The average Bonchev–Trinajstić information content (AvgIpc) is 1.95. The van der Waals surface area contributed by atoms with Crippen LogP contribution in [-0.4, -0.2) is 16.7 Å². The summed E-state index contributed by atoms with van der Waals surface area (Å²) < 4.78 is 0.844. The van der Waals surface area contributed by atoms with Gasteiger partial charge in [-0.05, 0) is 40.9 Å². The lowest BCUT2D eigenvalue weighted by atomic mass is 10.1. The number of aromatic nitrogens is 1. The fraction of sp³-hybridized carbons (Fsp3) is 0.375. The molecule has 0 amide bonds. The van der Waals surface area contributed by atoms with Crippen LogP contribution in [0, 0.1) is 6.92 Å². The van der Waals surface area contributed by atoms with E-state index in [1.54, 1.807) is 0 Å². The van der Waals surface area contributed by atoms with Crippen LogP contribution in [0.5, 0.6) is 0 Å². The first-order valence-electron chi connectivity index (χ1n) is 3.47. The van der Waals surface area contributed by atoms with Gasteiger partial charge in [-0.15, -0.1) is 0 Å². The largest absolute Gasteiger partial charge is 0.396 e. The Kier molecular flexibility index (Phi) is 3.02. The lowest BCUT2D eigenvalue weighted by Gasteiger charge is -2.01. The van der Waals surface area contributed by atoms with Crippen molar-refractivity contribution >= 4 is 15.9 Å². The van der Waals surface area contributed by atoms with Crippen LogP contribution in [0.25, 0.3) is 0 Å². The van der Waals surface area contributed by atoms with Crippen molar-refractivity contribution in [2.45, 2.75) is 13.3 Å². The molecule has 0 aliphatic carbocycles. The second-order valence-electron chi connectivity index (χ2n) is 2.35. The van der Waals surface area contributed by atoms with Gasteiger partial charge in [0.1, 0.15) is 4.60 Å². The average molecular weight is 216 g/mol. The van der Waals surface area contributed by atoms with Gasteiger partial charge < -0.3 is 5.11 Å². The van der Waals surface area contributed by atoms with Gasteiger partial charge in [0, 0.05) is 12.3 Å². The van der Waals surface area contributed by atoms with Crippen molar-refractivity contribution in [1.82, 2.24) is 4.98 Å². The molecule has 0 aliphatic rings. The fourth-order valence-corrected chi connectivity index (χ4v) is 1.34. The van der Waals surface area contributed by atoms with Crippen LogP contribution in [0.4, 0.5) is 0 Å². The summed E-state index contributed by atoms with van der Waals surface area (Å²) in [5.41, 5.74) is 2.09. The third-order valence-corrected chi connectivity index (χ3v) is 1.98. The van der Waals surface area contributed by atoms with E-state index in [9.17, 15) is 0 Å². The molecule has 1 aromatic rings. The van der Waals surface area contributed by atoms with Gasteiger partial charge in [-0.3, -0.25) is 0 Å². The highest BCUT2D eigenvalue weighted by atomic mass is 79.9. The highest BCUT2D eigenvalue weighted by Crippen LogP contribution is 2.11. The van der Waals surface area contributed by atoms with Gasteiger partial charge in [0.2, 0.25) is 0 Å². The van der Waals surface area contributed by atoms with Gasteiger partial charge in [-0.2, -0.15) is 0 Å². The molecule has 0 fully saturated rings. The predicted molar refractivity (Wildman–Crippen MR) is 47.5 cm³/mol. The molecule has 60 valence electrons. The second-order valence-corrected chi connectivity index (χ2v) is 3.16. The van der Waals surface area contributed by atoms with Crippen LogP contribution < -0.4 is 0 Å². The first kappa shape index (κ1) is 8.68. The molecule has 0 radical (unpaired) electrons. The summed E-state index contributed by atoms with van der Waals surface area (Å²) in [7, 11) is 0. The van der Waals surface area contributed by atoms with Crippen LogP contribution in [0.15, 0.2) is 16.7 Å². The lowest BCUT2D eigenvalue weighted by Crippen LogP contribution is -1.96. The standard InChI is InChI=1S/C8H10BrNO/c1-6-7(4-5-11)2-3-8(9)10-6/h2-3,11H,4-5H2,1H3. The number of aliphatic hydroxyl groups is 1. The van der Waals surface area contributed by atoms with Crippen LogP contribution in [0.2, 0.25) is 0 Å². The van der Waals surface area contributed by atoms with Gasteiger partial charge in [0.05, 0.1) is 0 Å². The molecule has 0 saturated heterocycles. The SMILES string of the molecule is Cc1nc(Br)ccc1CCO. The summed E-state index contributed by atoms with van der Waals surface area (Å²) in [6, 6.07) is 3.86. The zero-order valence-corrected chi connectivity index (χ0v) is 7.93. The molecule has 2 nitrogen and oxygen atoms in total. The molecule has 0 aliphatic heterocycles. The maximum Gasteiger partial charge on any atom is 0.106 e. The minimum absolute atomic E-state index is 0.185. The Balaban J connectivity index is 2.90. The molecule has 0 spiro atoms. The van der Waals surface area contributed by atoms with Crippen molar-refractivity contribution in [3.05, 3.63) is 28.0 Å². The molecule has 0 unspecified atom stereocenters. The Labute approximate surface area is 74.4 Å². The van der Waals surface area contributed by atoms with E-state index in [4.69, 9.17) is 5.11 Å². The number of hydrogen-bond donors (Lipinski definition) is 1. The van der Waals surface area contributed by atoms with E-state index >= 15 is 0 Å². The van der Waals surface area contributed by atoms with Gasteiger partial charge in [-0.1, -0.05) is 6.07 Å². The van der Waals surface area contributed by atoms with Gasteiger partial charge in [0.15, 0.2) is 0 Å². The first-order valence-corrected chi connectivity index (χ1v) is 4.26. The molecule has 0 saturated carbocycles. The number of halogens is 1. The van der Waals surface area contributed by atoms with Gasteiger partial charge >= 0.3 is 0 Å². The Morgan fingerprint density at radius 1 is 1.55 bits per heavy atom. The van der Waals surface area contributed by atoms with Crippen molar-refractivity contribution in [1.29, 1.82) is 0 Å². The molecular weight excluding hydrogens is 206 g/mol. The van der Waals surface area contributed by atoms with E-state index in [0.717, 1.165) is 15.9 Å². The molecular formula is C8H10BrNO. The highest BCUT2D eigenvalue weighted by Gasteiger charge is 1.98. The zero-order chi connectivity index (χ0) is 8.27. The van der Waals surface area contributed by atoms with E-state index in [-0.39, 0.29) is 6.61 Å². The third kappa shape index (κ3) is 2.27. The van der Waals surface area contributed by atoms with Crippen molar-refractivity contribution in [2.24, 2.45) is 0 Å². The van der Waals surface area contributed by atoms with Crippen molar-refractivity contribution in [3.8, 4) is 0 Å². The number of hydrogen-bond acceptors (Lipinski definition) is 2. The molecule has 1 aromatic heterocycles. The van der Waals surface area contributed by atoms with Gasteiger partial charge in [0.25, 0.3) is 0 Å². The lowest BCUT2D eigenvalue weighted by molar-refractivity contribution is 0.299. The maximum absolute atomic E-state index is 8.67. The molecule has 3 heteroatoms. The number of nitrogens with zero attached hydrogens (tertiary/aromatic N) is 1. The molecule has 0 bridgehead atoms.